The van der Waals surface area contributed by atoms with Gasteiger partial charge in [0.25, 0.3) is 0 Å². The first-order valence-electron chi connectivity index (χ1n) is 11.8. The average molecular weight is 447 g/mol. The van der Waals surface area contributed by atoms with Crippen molar-refractivity contribution in [1.29, 1.82) is 0 Å². The van der Waals surface area contributed by atoms with Gasteiger partial charge in [0.05, 0.1) is 0 Å². The van der Waals surface area contributed by atoms with Gasteiger partial charge in [0.2, 0.25) is 5.91 Å². The van der Waals surface area contributed by atoms with E-state index in [0.29, 0.717) is 6.54 Å². The SMILES string of the molecule is CN=C(NCc1cccnc1N1CCC(C(N)=O)CC1)N1CCC(=Cc2ccccc2)CC1. The number of nitrogens with zero attached hydrogens (tertiary/aromatic N) is 4. The molecule has 174 valence electrons. The number of aliphatic imine (C=N–C) groups is 1. The number of anilines is 1. The number of benzene rings is 1. The van der Waals surface area contributed by atoms with Crippen LogP contribution in [-0.2, 0) is 11.3 Å². The number of pyridine rings is 1. The number of nitrogens with one attached hydrogen (secondary N) is 1. The minimum atomic E-state index is -0.190. The molecular formula is C26H34N6O. The monoisotopic (exact) mass is 446 g/mol. The van der Waals surface area contributed by atoms with Gasteiger partial charge in [-0.1, -0.05) is 48.0 Å². The third kappa shape index (κ3) is 5.92. The summed E-state index contributed by atoms with van der Waals surface area (Å²) >= 11 is 0. The van der Waals surface area contributed by atoms with Crippen molar-refractivity contribution in [3.63, 3.8) is 0 Å². The first-order chi connectivity index (χ1) is 16.1. The number of guanidine groups is 1. The lowest BCUT2D eigenvalue weighted by molar-refractivity contribution is -0.122. The molecule has 2 aliphatic rings. The minimum absolute atomic E-state index is 0.0229. The Kier molecular flexibility index (Phi) is 7.60. The second-order valence-corrected chi connectivity index (χ2v) is 8.75. The van der Waals surface area contributed by atoms with E-state index in [1.165, 1.54) is 11.1 Å². The van der Waals surface area contributed by atoms with E-state index >= 15 is 0 Å². The molecule has 0 atom stereocenters. The Labute approximate surface area is 196 Å². The van der Waals surface area contributed by atoms with Gasteiger partial charge >= 0.3 is 0 Å². The molecule has 2 fully saturated rings. The van der Waals surface area contributed by atoms with E-state index in [1.54, 1.807) is 0 Å². The molecule has 0 saturated carbocycles. The van der Waals surface area contributed by atoms with Crippen LogP contribution in [0.25, 0.3) is 6.08 Å². The molecule has 0 spiro atoms. The first-order valence-corrected chi connectivity index (χ1v) is 11.8. The number of likely N-dealkylation sites (tertiary alicyclic amines) is 1. The molecule has 33 heavy (non-hydrogen) atoms. The lowest BCUT2D eigenvalue weighted by Crippen LogP contribution is -2.44. The van der Waals surface area contributed by atoms with E-state index in [4.69, 9.17) is 5.73 Å². The zero-order chi connectivity index (χ0) is 23.0. The zero-order valence-corrected chi connectivity index (χ0v) is 19.4. The summed E-state index contributed by atoms with van der Waals surface area (Å²) in [7, 11) is 1.84. The van der Waals surface area contributed by atoms with Crippen LogP contribution in [-0.4, -0.2) is 55.0 Å². The minimum Gasteiger partial charge on any atom is -0.369 e. The summed E-state index contributed by atoms with van der Waals surface area (Å²) in [5, 5.41) is 3.54. The van der Waals surface area contributed by atoms with Gasteiger partial charge in [-0.15, -0.1) is 0 Å². The highest BCUT2D eigenvalue weighted by molar-refractivity contribution is 5.80. The van der Waals surface area contributed by atoms with Crippen LogP contribution >= 0.6 is 0 Å². The van der Waals surface area contributed by atoms with Crippen LogP contribution in [0.5, 0.6) is 0 Å². The fraction of sp³-hybridized carbons (Fsp3) is 0.423. The maximum Gasteiger partial charge on any atom is 0.220 e. The van der Waals surface area contributed by atoms with Crippen LogP contribution in [0.15, 0.2) is 59.2 Å². The number of carbonyl (C=O) groups excluding carboxylic acids is 1. The normalized spacial score (nSPS) is 17.7. The predicted molar refractivity (Wildman–Crippen MR) is 134 cm³/mol. The molecule has 0 radical (unpaired) electrons. The molecule has 2 aliphatic heterocycles. The summed E-state index contributed by atoms with van der Waals surface area (Å²) in [5.41, 5.74) is 9.39. The van der Waals surface area contributed by atoms with Gasteiger partial charge in [-0.2, -0.15) is 0 Å². The van der Waals surface area contributed by atoms with Gasteiger partial charge < -0.3 is 20.9 Å². The first kappa shape index (κ1) is 22.8. The summed E-state index contributed by atoms with van der Waals surface area (Å²) in [6.45, 7) is 4.18. The van der Waals surface area contributed by atoms with Crippen molar-refractivity contribution in [3.05, 3.63) is 65.4 Å². The van der Waals surface area contributed by atoms with Crippen LogP contribution < -0.4 is 16.0 Å². The van der Waals surface area contributed by atoms with Gasteiger partial charge in [-0.3, -0.25) is 9.79 Å². The number of rotatable bonds is 5. The van der Waals surface area contributed by atoms with Gasteiger partial charge in [0, 0.05) is 57.4 Å². The molecule has 3 heterocycles. The molecule has 0 bridgehead atoms. The molecular weight excluding hydrogens is 412 g/mol. The van der Waals surface area contributed by atoms with Crippen molar-refractivity contribution in [2.75, 3.05) is 38.1 Å². The number of hydrogen-bond donors (Lipinski definition) is 2. The van der Waals surface area contributed by atoms with E-state index in [9.17, 15) is 4.79 Å². The number of nitrogens with two attached hydrogens (primary N) is 1. The van der Waals surface area contributed by atoms with Crippen LogP contribution in [0.1, 0.15) is 36.8 Å². The Morgan fingerprint density at radius 3 is 2.52 bits per heavy atom. The van der Waals surface area contributed by atoms with Gasteiger partial charge in [0.15, 0.2) is 5.96 Å². The lowest BCUT2D eigenvalue weighted by Gasteiger charge is -2.33. The highest BCUT2D eigenvalue weighted by atomic mass is 16.1. The molecule has 7 nitrogen and oxygen atoms in total. The van der Waals surface area contributed by atoms with Crippen LogP contribution in [0.4, 0.5) is 5.82 Å². The Morgan fingerprint density at radius 2 is 1.85 bits per heavy atom. The van der Waals surface area contributed by atoms with E-state index in [2.05, 4.69) is 67.6 Å². The molecule has 1 aromatic heterocycles. The van der Waals surface area contributed by atoms with Crippen LogP contribution in [0, 0.1) is 5.92 Å². The zero-order valence-electron chi connectivity index (χ0n) is 19.4. The molecule has 7 heteroatoms. The van der Waals surface area contributed by atoms with Gasteiger partial charge in [-0.25, -0.2) is 4.98 Å². The highest BCUT2D eigenvalue weighted by Gasteiger charge is 2.25. The fourth-order valence-corrected chi connectivity index (χ4v) is 4.67. The van der Waals surface area contributed by atoms with Crippen molar-refractivity contribution in [2.24, 2.45) is 16.6 Å². The fourth-order valence-electron chi connectivity index (χ4n) is 4.67. The van der Waals surface area contributed by atoms with Crippen LogP contribution in [0.3, 0.4) is 0 Å². The van der Waals surface area contributed by atoms with Crippen molar-refractivity contribution >= 4 is 23.8 Å². The third-order valence-electron chi connectivity index (χ3n) is 6.59. The van der Waals surface area contributed by atoms with Crippen molar-refractivity contribution in [2.45, 2.75) is 32.2 Å². The Bertz CT molecular complexity index is 985. The maximum absolute atomic E-state index is 11.5. The topological polar surface area (TPSA) is 86.9 Å². The van der Waals surface area contributed by atoms with Gasteiger partial charge in [0.1, 0.15) is 5.82 Å². The van der Waals surface area contributed by atoms with E-state index < -0.39 is 0 Å². The summed E-state index contributed by atoms with van der Waals surface area (Å²) in [6, 6.07) is 14.6. The maximum atomic E-state index is 11.5. The number of aromatic nitrogens is 1. The Hall–Kier alpha value is -3.35. The number of hydrogen-bond acceptors (Lipinski definition) is 4. The molecule has 0 aliphatic carbocycles. The average Bonchev–Trinajstić information content (AvgIpc) is 2.86. The molecule has 2 aromatic rings. The smallest absolute Gasteiger partial charge is 0.220 e. The van der Waals surface area contributed by atoms with Gasteiger partial charge in [-0.05, 0) is 37.3 Å². The summed E-state index contributed by atoms with van der Waals surface area (Å²) < 4.78 is 0. The van der Waals surface area contributed by atoms with Crippen molar-refractivity contribution in [3.8, 4) is 0 Å². The van der Waals surface area contributed by atoms with E-state index in [-0.39, 0.29) is 11.8 Å². The number of piperidine rings is 2. The largest absolute Gasteiger partial charge is 0.369 e. The molecule has 0 unspecified atom stereocenters. The quantitative estimate of drug-likeness (QED) is 0.545. The second-order valence-electron chi connectivity index (χ2n) is 8.75. The third-order valence-corrected chi connectivity index (χ3v) is 6.59. The molecule has 1 aromatic carbocycles. The Morgan fingerprint density at radius 1 is 1.12 bits per heavy atom. The standard InChI is InChI=1S/C26H34N6O/c1-28-26(32-14-9-21(10-15-32)18-20-6-3-2-4-7-20)30-19-23-8-5-13-29-25(23)31-16-11-22(12-17-31)24(27)33/h2-8,13,18,22H,9-12,14-17,19H2,1H3,(H2,27,33)(H,28,30). The van der Waals surface area contributed by atoms with Crippen LogP contribution in [0.2, 0.25) is 0 Å². The number of carbonyl (C=O) groups is 1. The highest BCUT2D eigenvalue weighted by Crippen LogP contribution is 2.25. The summed E-state index contributed by atoms with van der Waals surface area (Å²) in [5.74, 6) is 1.70. The van der Waals surface area contributed by atoms with Crippen molar-refractivity contribution in [1.82, 2.24) is 15.2 Å². The molecule has 3 N–H and O–H groups in total. The number of amides is 1. The second kappa shape index (κ2) is 11.0. The molecule has 4 rings (SSSR count). The number of primary amides is 1. The lowest BCUT2D eigenvalue weighted by atomic mass is 9.96. The molecule has 2 saturated heterocycles. The summed E-state index contributed by atoms with van der Waals surface area (Å²) in [4.78, 5) is 25.3. The summed E-state index contributed by atoms with van der Waals surface area (Å²) in [6.07, 6.45) is 7.81. The van der Waals surface area contributed by atoms with Crippen molar-refractivity contribution < 1.29 is 4.79 Å². The molecule has 1 amide bonds. The predicted octanol–water partition coefficient (Wildman–Crippen LogP) is 3.04. The van der Waals surface area contributed by atoms with E-state index in [0.717, 1.165) is 69.2 Å². The Balaban J connectivity index is 1.33. The van der Waals surface area contributed by atoms with E-state index in [1.807, 2.05) is 19.3 Å².